The number of imidazole rings is 1. The third kappa shape index (κ3) is 2.51. The normalized spacial score (nSPS) is 10.5. The van der Waals surface area contributed by atoms with E-state index in [4.69, 9.17) is 5.26 Å². The summed E-state index contributed by atoms with van der Waals surface area (Å²) < 4.78 is 15.4. The van der Waals surface area contributed by atoms with Crippen LogP contribution in [0.4, 0.5) is 4.39 Å². The van der Waals surface area contributed by atoms with Crippen LogP contribution in [0.3, 0.4) is 0 Å². The van der Waals surface area contributed by atoms with E-state index in [1.807, 2.05) is 0 Å². The minimum Gasteiger partial charge on any atom is -0.351 e. The first-order valence-corrected chi connectivity index (χ1v) is 6.97. The molecular formula is C16H12FN5O. The molecule has 0 bridgehead atoms. The summed E-state index contributed by atoms with van der Waals surface area (Å²) in [6.45, 7) is 2.24. The number of aromatic nitrogens is 3. The summed E-state index contributed by atoms with van der Waals surface area (Å²) in [6.07, 6.45) is 1.56. The van der Waals surface area contributed by atoms with Crippen molar-refractivity contribution in [2.75, 3.05) is 6.54 Å². The predicted octanol–water partition coefficient (Wildman–Crippen LogP) is 2.16. The van der Waals surface area contributed by atoms with Gasteiger partial charge in [-0.2, -0.15) is 10.4 Å². The van der Waals surface area contributed by atoms with Crippen LogP contribution in [0.1, 0.15) is 23.0 Å². The predicted molar refractivity (Wildman–Crippen MR) is 81.1 cm³/mol. The molecule has 2 aromatic heterocycles. The lowest BCUT2D eigenvalue weighted by molar-refractivity contribution is 0.0952. The van der Waals surface area contributed by atoms with Crippen LogP contribution in [0.25, 0.3) is 16.9 Å². The molecule has 23 heavy (non-hydrogen) atoms. The largest absolute Gasteiger partial charge is 0.351 e. The van der Waals surface area contributed by atoms with Crippen LogP contribution in [0, 0.1) is 17.1 Å². The highest BCUT2D eigenvalue weighted by atomic mass is 19.1. The fraction of sp³-hybridized carbons (Fsp3) is 0.125. The van der Waals surface area contributed by atoms with Crippen molar-refractivity contribution in [3.05, 3.63) is 53.6 Å². The van der Waals surface area contributed by atoms with Crippen LogP contribution in [0.15, 0.2) is 36.5 Å². The lowest BCUT2D eigenvalue weighted by atomic mass is 10.1. The van der Waals surface area contributed by atoms with Gasteiger partial charge >= 0.3 is 0 Å². The molecule has 1 amide bonds. The minimum atomic E-state index is -0.655. The Morgan fingerprint density at radius 1 is 1.43 bits per heavy atom. The molecule has 3 rings (SSSR count). The lowest BCUT2D eigenvalue weighted by Crippen LogP contribution is -2.23. The lowest BCUT2D eigenvalue weighted by Gasteiger charge is -2.05. The number of carbonyl (C=O) groups is 1. The van der Waals surface area contributed by atoms with E-state index < -0.39 is 5.82 Å². The number of nitriles is 1. The van der Waals surface area contributed by atoms with E-state index in [9.17, 15) is 9.18 Å². The van der Waals surface area contributed by atoms with Crippen LogP contribution in [0.2, 0.25) is 0 Å². The van der Waals surface area contributed by atoms with Crippen molar-refractivity contribution in [2.45, 2.75) is 6.92 Å². The quantitative estimate of drug-likeness (QED) is 0.803. The molecule has 0 radical (unpaired) electrons. The average Bonchev–Trinajstić information content (AvgIpc) is 2.94. The Hall–Kier alpha value is -3.27. The van der Waals surface area contributed by atoms with Gasteiger partial charge in [0.1, 0.15) is 17.6 Å². The molecule has 0 saturated heterocycles. The van der Waals surface area contributed by atoms with E-state index in [1.165, 1.54) is 16.6 Å². The van der Waals surface area contributed by atoms with Gasteiger partial charge < -0.3 is 5.32 Å². The number of halogens is 1. The van der Waals surface area contributed by atoms with Crippen molar-refractivity contribution < 1.29 is 9.18 Å². The van der Waals surface area contributed by atoms with E-state index in [0.29, 0.717) is 23.4 Å². The van der Waals surface area contributed by atoms with Crippen LogP contribution in [-0.4, -0.2) is 27.0 Å². The van der Waals surface area contributed by atoms with E-state index in [-0.39, 0.29) is 17.2 Å². The molecule has 6 nitrogen and oxygen atoms in total. The first-order valence-electron chi connectivity index (χ1n) is 6.97. The number of amides is 1. The zero-order valence-electron chi connectivity index (χ0n) is 12.2. The number of hydrogen-bond donors (Lipinski definition) is 1. The van der Waals surface area contributed by atoms with E-state index in [2.05, 4.69) is 15.4 Å². The van der Waals surface area contributed by atoms with Gasteiger partial charge in [-0.25, -0.2) is 13.9 Å². The number of carbonyl (C=O) groups excluding carboxylic acids is 1. The number of nitrogens with zero attached hydrogens (tertiary/aromatic N) is 4. The van der Waals surface area contributed by atoms with Gasteiger partial charge in [0.2, 0.25) is 0 Å². The van der Waals surface area contributed by atoms with Crippen molar-refractivity contribution in [3.63, 3.8) is 0 Å². The third-order valence-electron chi connectivity index (χ3n) is 3.31. The Labute approximate surface area is 131 Å². The van der Waals surface area contributed by atoms with Crippen molar-refractivity contribution in [3.8, 4) is 17.3 Å². The zero-order chi connectivity index (χ0) is 16.4. The third-order valence-corrected chi connectivity index (χ3v) is 3.31. The number of fused-ring (bicyclic) bond motifs is 1. The van der Waals surface area contributed by atoms with E-state index >= 15 is 0 Å². The summed E-state index contributed by atoms with van der Waals surface area (Å²) >= 11 is 0. The van der Waals surface area contributed by atoms with Gasteiger partial charge in [0.15, 0.2) is 11.3 Å². The van der Waals surface area contributed by atoms with Crippen LogP contribution in [0.5, 0.6) is 0 Å². The van der Waals surface area contributed by atoms with Crippen molar-refractivity contribution >= 4 is 11.6 Å². The van der Waals surface area contributed by atoms with Crippen molar-refractivity contribution in [1.29, 1.82) is 5.26 Å². The highest BCUT2D eigenvalue weighted by molar-refractivity contribution is 5.99. The second-order valence-electron chi connectivity index (χ2n) is 4.77. The molecule has 0 atom stereocenters. The number of benzene rings is 1. The standard InChI is InChI=1S/C16H12FN5O/c1-2-19-16(23)14-15(22-13(21-14)4-3-7-20-22)10-5-6-11(9-18)12(17)8-10/h3-8H,2H2,1H3,(H,19,23). The summed E-state index contributed by atoms with van der Waals surface area (Å²) in [5.41, 5.74) is 1.39. The van der Waals surface area contributed by atoms with Gasteiger partial charge in [-0.15, -0.1) is 0 Å². The maximum Gasteiger partial charge on any atom is 0.272 e. The van der Waals surface area contributed by atoms with E-state index in [1.54, 1.807) is 37.4 Å². The van der Waals surface area contributed by atoms with Crippen LogP contribution >= 0.6 is 0 Å². The maximum atomic E-state index is 14.0. The van der Waals surface area contributed by atoms with E-state index in [0.717, 1.165) is 0 Å². The summed E-state index contributed by atoms with van der Waals surface area (Å²) in [5, 5.41) is 15.7. The average molecular weight is 309 g/mol. The van der Waals surface area contributed by atoms with Gasteiger partial charge in [-0.3, -0.25) is 4.79 Å². The second kappa shape index (κ2) is 5.85. The van der Waals surface area contributed by atoms with Crippen molar-refractivity contribution in [2.24, 2.45) is 0 Å². The molecule has 2 heterocycles. The summed E-state index contributed by atoms with van der Waals surface area (Å²) in [5.74, 6) is -1.02. The molecule has 1 N–H and O–H groups in total. The molecule has 114 valence electrons. The fourth-order valence-corrected chi connectivity index (χ4v) is 2.30. The molecule has 0 spiro atoms. The van der Waals surface area contributed by atoms with Crippen molar-refractivity contribution in [1.82, 2.24) is 19.9 Å². The van der Waals surface area contributed by atoms with Gasteiger partial charge in [0, 0.05) is 18.3 Å². The topological polar surface area (TPSA) is 83.1 Å². The number of rotatable bonds is 3. The van der Waals surface area contributed by atoms with Crippen LogP contribution < -0.4 is 5.32 Å². The zero-order valence-corrected chi connectivity index (χ0v) is 12.2. The molecule has 0 aliphatic carbocycles. The Morgan fingerprint density at radius 2 is 2.26 bits per heavy atom. The van der Waals surface area contributed by atoms with Gasteiger partial charge in [0.25, 0.3) is 5.91 Å². The Bertz CT molecular complexity index is 941. The molecular weight excluding hydrogens is 297 g/mol. The maximum absolute atomic E-state index is 14.0. The summed E-state index contributed by atoms with van der Waals surface area (Å²) in [6, 6.07) is 9.33. The minimum absolute atomic E-state index is 0.0601. The number of hydrogen-bond acceptors (Lipinski definition) is 4. The fourth-order valence-electron chi connectivity index (χ4n) is 2.30. The van der Waals surface area contributed by atoms with Gasteiger partial charge in [-0.1, -0.05) is 6.07 Å². The highest BCUT2D eigenvalue weighted by Gasteiger charge is 2.21. The first kappa shape index (κ1) is 14.7. The van der Waals surface area contributed by atoms with Gasteiger partial charge in [0.05, 0.1) is 5.56 Å². The van der Waals surface area contributed by atoms with Gasteiger partial charge in [-0.05, 0) is 31.2 Å². The Balaban J connectivity index is 2.26. The Kier molecular flexibility index (Phi) is 3.73. The monoisotopic (exact) mass is 309 g/mol. The molecule has 0 fully saturated rings. The Morgan fingerprint density at radius 3 is 2.96 bits per heavy atom. The summed E-state index contributed by atoms with van der Waals surface area (Å²) in [7, 11) is 0. The highest BCUT2D eigenvalue weighted by Crippen LogP contribution is 2.26. The second-order valence-corrected chi connectivity index (χ2v) is 4.77. The molecule has 3 aromatic rings. The first-order chi connectivity index (χ1) is 11.2. The summed E-state index contributed by atoms with van der Waals surface area (Å²) in [4.78, 5) is 16.5. The smallest absolute Gasteiger partial charge is 0.272 e. The molecule has 0 saturated carbocycles. The molecule has 0 aliphatic heterocycles. The molecule has 0 unspecified atom stereocenters. The SMILES string of the molecule is CCNC(=O)c1nc2cccnn2c1-c1ccc(C#N)c(F)c1. The molecule has 1 aromatic carbocycles. The van der Waals surface area contributed by atoms with Crippen LogP contribution in [-0.2, 0) is 0 Å². The molecule has 0 aliphatic rings. The molecule has 7 heteroatoms. The number of nitrogens with one attached hydrogen (secondary N) is 1.